The molecule has 4 rings (SSSR count). The monoisotopic (exact) mass is 582 g/mol. The molecule has 6 heteroatoms. The van der Waals surface area contributed by atoms with E-state index in [1.165, 1.54) is 35.0 Å². The van der Waals surface area contributed by atoms with Crippen molar-refractivity contribution < 1.29 is 0 Å². The average molecular weight is 582 g/mol. The van der Waals surface area contributed by atoms with Crippen molar-refractivity contribution in [2.24, 2.45) is 0 Å². The molecule has 0 bridgehead atoms. The summed E-state index contributed by atoms with van der Waals surface area (Å²) >= 11 is 12.2. The fourth-order valence-electron chi connectivity index (χ4n) is 2.10. The van der Waals surface area contributed by atoms with Crippen LogP contribution in [0.5, 0.6) is 0 Å². The molecule has 0 unspecified atom stereocenters. The minimum absolute atomic E-state index is 1.34. The first-order chi connectivity index (χ1) is 10.7. The minimum Gasteiger partial charge on any atom is -0.134 e. The van der Waals surface area contributed by atoms with Crippen LogP contribution in [0.4, 0.5) is 0 Å². The molecule has 0 saturated heterocycles. The highest BCUT2D eigenvalue weighted by Crippen LogP contribution is 2.42. The van der Waals surface area contributed by atoms with Gasteiger partial charge in [-0.25, -0.2) is 0 Å². The topological polar surface area (TPSA) is 0 Å². The number of thiophene rings is 4. The molecule has 0 aromatic carbocycles. The van der Waals surface area contributed by atoms with E-state index in [1.54, 1.807) is 0 Å². The normalized spacial score (nSPS) is 11.2. The molecular formula is C16H8I2S4. The van der Waals surface area contributed by atoms with Crippen molar-refractivity contribution in [1.29, 1.82) is 0 Å². The maximum atomic E-state index is 2.38. The predicted molar refractivity (Wildman–Crippen MR) is 120 cm³/mol. The second-order valence-electron chi connectivity index (χ2n) is 4.54. The van der Waals surface area contributed by atoms with Gasteiger partial charge in [0.2, 0.25) is 0 Å². The Morgan fingerprint density at radius 1 is 0.409 bits per heavy atom. The molecule has 0 aliphatic carbocycles. The number of halogens is 2. The molecule has 0 aliphatic heterocycles. The van der Waals surface area contributed by atoms with E-state index in [4.69, 9.17) is 0 Å². The van der Waals surface area contributed by atoms with E-state index in [0.29, 0.717) is 0 Å². The predicted octanol–water partition coefficient (Wildman–Crippen LogP) is 8.14. The summed E-state index contributed by atoms with van der Waals surface area (Å²) in [5, 5.41) is 0. The largest absolute Gasteiger partial charge is 0.134 e. The molecule has 0 aliphatic rings. The maximum absolute atomic E-state index is 2.38. The third kappa shape index (κ3) is 3.23. The first-order valence-electron chi connectivity index (χ1n) is 6.40. The summed E-state index contributed by atoms with van der Waals surface area (Å²) in [5.41, 5.74) is 0. The Hall–Kier alpha value is 0.260. The zero-order valence-corrected chi connectivity index (χ0v) is 18.6. The summed E-state index contributed by atoms with van der Waals surface area (Å²) in [6.07, 6.45) is 0. The summed E-state index contributed by atoms with van der Waals surface area (Å²) in [6.45, 7) is 0. The molecule has 0 spiro atoms. The van der Waals surface area contributed by atoms with E-state index in [9.17, 15) is 0 Å². The molecule has 4 aromatic heterocycles. The third-order valence-electron chi connectivity index (χ3n) is 3.09. The highest BCUT2D eigenvalue weighted by atomic mass is 127. The van der Waals surface area contributed by atoms with Gasteiger partial charge in [0.25, 0.3) is 0 Å². The average Bonchev–Trinajstić information content (AvgIpc) is 3.24. The molecule has 0 radical (unpaired) electrons. The van der Waals surface area contributed by atoms with Crippen LogP contribution in [-0.2, 0) is 0 Å². The van der Waals surface area contributed by atoms with Gasteiger partial charge >= 0.3 is 0 Å². The SMILES string of the molecule is Ic1ccc(-c2ccc(-c3ccc(-c4ccc(I)s4)s3)s2)s1. The molecule has 0 fully saturated rings. The Morgan fingerprint density at radius 3 is 0.955 bits per heavy atom. The molecule has 0 nitrogen and oxygen atoms in total. The molecule has 0 atom stereocenters. The van der Waals surface area contributed by atoms with E-state index in [1.807, 2.05) is 45.3 Å². The lowest BCUT2D eigenvalue weighted by Crippen LogP contribution is -1.58. The smallest absolute Gasteiger partial charge is 0.0660 e. The molecular weight excluding hydrogens is 574 g/mol. The van der Waals surface area contributed by atoms with Gasteiger partial charge in [0.1, 0.15) is 0 Å². The van der Waals surface area contributed by atoms with E-state index in [2.05, 4.69) is 93.7 Å². The number of hydrogen-bond donors (Lipinski definition) is 0. The highest BCUT2D eigenvalue weighted by Gasteiger charge is 2.10. The fourth-order valence-corrected chi connectivity index (χ4v) is 7.63. The van der Waals surface area contributed by atoms with Gasteiger partial charge in [-0.1, -0.05) is 0 Å². The molecule has 0 N–H and O–H groups in total. The van der Waals surface area contributed by atoms with Crippen LogP contribution in [0.3, 0.4) is 0 Å². The molecule has 4 heterocycles. The van der Waals surface area contributed by atoms with Crippen molar-refractivity contribution in [2.75, 3.05) is 0 Å². The lowest BCUT2D eigenvalue weighted by atomic mass is 10.3. The lowest BCUT2D eigenvalue weighted by Gasteiger charge is -1.91. The first kappa shape index (κ1) is 15.8. The summed E-state index contributed by atoms with van der Waals surface area (Å²) in [5.74, 6) is 0. The van der Waals surface area contributed by atoms with Gasteiger partial charge in [-0.05, 0) is 93.7 Å². The standard InChI is InChI=1S/C16H8I2S4/c17-15-7-5-13(21-15)11-3-1-9(19-11)10-2-4-12(20-10)14-6-8-16(18)22-14/h1-8H. The Labute approximate surface area is 172 Å². The van der Waals surface area contributed by atoms with Gasteiger partial charge in [0.15, 0.2) is 0 Å². The third-order valence-corrected chi connectivity index (χ3v) is 9.63. The Balaban J connectivity index is 1.65. The maximum Gasteiger partial charge on any atom is 0.0660 e. The Bertz CT molecular complexity index is 849. The van der Waals surface area contributed by atoms with Crippen molar-refractivity contribution in [2.45, 2.75) is 0 Å². The van der Waals surface area contributed by atoms with Crippen molar-refractivity contribution in [3.63, 3.8) is 0 Å². The van der Waals surface area contributed by atoms with Crippen LogP contribution in [0.15, 0.2) is 48.5 Å². The summed E-state index contributed by atoms with van der Waals surface area (Å²) in [4.78, 5) is 8.18. The van der Waals surface area contributed by atoms with E-state index >= 15 is 0 Å². The van der Waals surface area contributed by atoms with Gasteiger partial charge in [0.05, 0.1) is 5.77 Å². The quantitative estimate of drug-likeness (QED) is 0.214. The molecule has 0 amide bonds. The van der Waals surface area contributed by atoms with Crippen LogP contribution < -0.4 is 0 Å². The summed E-state index contributed by atoms with van der Waals surface area (Å²) in [7, 11) is 0. The van der Waals surface area contributed by atoms with E-state index in [-0.39, 0.29) is 0 Å². The van der Waals surface area contributed by atoms with Crippen LogP contribution in [0.2, 0.25) is 0 Å². The Morgan fingerprint density at radius 2 is 0.682 bits per heavy atom. The van der Waals surface area contributed by atoms with Crippen molar-refractivity contribution in [3.8, 4) is 29.3 Å². The van der Waals surface area contributed by atoms with Crippen LogP contribution in [0.25, 0.3) is 29.3 Å². The zero-order chi connectivity index (χ0) is 15.1. The number of rotatable bonds is 3. The van der Waals surface area contributed by atoms with Crippen LogP contribution in [0, 0.1) is 5.77 Å². The molecule has 0 saturated carbocycles. The summed E-state index contributed by atoms with van der Waals surface area (Å²) < 4.78 is 2.68. The van der Waals surface area contributed by atoms with Gasteiger partial charge < -0.3 is 0 Å². The van der Waals surface area contributed by atoms with Gasteiger partial charge in [-0.3, -0.25) is 0 Å². The second kappa shape index (κ2) is 6.64. The highest BCUT2D eigenvalue weighted by molar-refractivity contribution is 14.1. The van der Waals surface area contributed by atoms with Crippen LogP contribution in [0.1, 0.15) is 0 Å². The van der Waals surface area contributed by atoms with Gasteiger partial charge in [-0.2, -0.15) is 0 Å². The van der Waals surface area contributed by atoms with Crippen LogP contribution >= 0.6 is 90.5 Å². The molecule has 4 aromatic rings. The van der Waals surface area contributed by atoms with Crippen LogP contribution in [-0.4, -0.2) is 0 Å². The number of hydrogen-bond acceptors (Lipinski definition) is 4. The first-order valence-corrected chi connectivity index (χ1v) is 11.8. The summed E-state index contributed by atoms with van der Waals surface area (Å²) in [6, 6.07) is 17.8. The zero-order valence-electron chi connectivity index (χ0n) is 11.0. The van der Waals surface area contributed by atoms with E-state index in [0.717, 1.165) is 0 Å². The minimum atomic E-state index is 1.34. The fraction of sp³-hybridized carbons (Fsp3) is 0. The molecule has 22 heavy (non-hydrogen) atoms. The van der Waals surface area contributed by atoms with Gasteiger partial charge in [0, 0.05) is 29.3 Å². The Kier molecular flexibility index (Phi) is 4.76. The lowest BCUT2D eigenvalue weighted by molar-refractivity contribution is 1.89. The molecule has 110 valence electrons. The van der Waals surface area contributed by atoms with Crippen molar-refractivity contribution >= 4 is 90.5 Å². The van der Waals surface area contributed by atoms with Crippen molar-refractivity contribution in [1.82, 2.24) is 0 Å². The van der Waals surface area contributed by atoms with Gasteiger partial charge in [-0.15, -0.1) is 45.3 Å². The van der Waals surface area contributed by atoms with Crippen molar-refractivity contribution in [3.05, 3.63) is 54.3 Å². The van der Waals surface area contributed by atoms with E-state index < -0.39 is 0 Å². The second-order valence-corrected chi connectivity index (χ2v) is 12.7.